The van der Waals surface area contributed by atoms with Gasteiger partial charge in [0.2, 0.25) is 0 Å². The molecule has 2 unspecified atom stereocenters. The van der Waals surface area contributed by atoms with Crippen LogP contribution in [0, 0.1) is 11.3 Å². The second-order valence-corrected chi connectivity index (χ2v) is 8.58. The normalized spacial score (nSPS) is 16.2. The largest absolute Gasteiger partial charge is 0.130 e. The zero-order chi connectivity index (χ0) is 12.5. The first-order valence-corrected chi connectivity index (χ1v) is 7.73. The average Bonchev–Trinajstić information content (AvgIpc) is 2.45. The molecule has 0 aliphatic heterocycles. The molecule has 0 aliphatic rings. The van der Waals surface area contributed by atoms with Crippen molar-refractivity contribution >= 4 is 50.5 Å². The van der Waals surface area contributed by atoms with Gasteiger partial charge in [0.25, 0.3) is 0 Å². The van der Waals surface area contributed by atoms with Crippen molar-refractivity contribution < 1.29 is 0 Å². The van der Waals surface area contributed by atoms with E-state index >= 15 is 0 Å². The molecule has 1 aromatic heterocycles. The molecule has 0 aromatic carbocycles. The van der Waals surface area contributed by atoms with Crippen LogP contribution in [0.2, 0.25) is 5.02 Å². The molecule has 0 aliphatic carbocycles. The molecular formula is C12H17BrCl2S. The summed E-state index contributed by atoms with van der Waals surface area (Å²) in [6.45, 7) is 9.00. The molecule has 0 amide bonds. The van der Waals surface area contributed by atoms with E-state index in [-0.39, 0.29) is 5.38 Å². The van der Waals surface area contributed by atoms with Crippen LogP contribution in [-0.4, -0.2) is 0 Å². The molecule has 0 saturated carbocycles. The molecule has 0 fully saturated rings. The van der Waals surface area contributed by atoms with Crippen LogP contribution in [0.5, 0.6) is 0 Å². The molecule has 92 valence electrons. The van der Waals surface area contributed by atoms with Gasteiger partial charge in [-0.1, -0.05) is 39.3 Å². The van der Waals surface area contributed by atoms with Crippen LogP contribution in [0.4, 0.5) is 0 Å². The minimum atomic E-state index is 0.0584. The molecule has 1 rings (SSSR count). The summed E-state index contributed by atoms with van der Waals surface area (Å²) in [5.74, 6) is 0.578. The lowest BCUT2D eigenvalue weighted by atomic mass is 9.79. The second-order valence-electron chi connectivity index (χ2n) is 5.24. The van der Waals surface area contributed by atoms with Crippen molar-refractivity contribution in [2.45, 2.75) is 39.5 Å². The summed E-state index contributed by atoms with van der Waals surface area (Å²) in [4.78, 5) is 1.15. The third-order valence-corrected chi connectivity index (χ3v) is 6.14. The minimum absolute atomic E-state index is 0.0584. The summed E-state index contributed by atoms with van der Waals surface area (Å²) in [5.41, 5.74) is 0.297. The van der Waals surface area contributed by atoms with Crippen LogP contribution in [0.1, 0.15) is 44.4 Å². The highest BCUT2D eigenvalue weighted by atomic mass is 79.9. The molecule has 0 N–H and O–H groups in total. The van der Waals surface area contributed by atoms with Gasteiger partial charge in [0.15, 0.2) is 0 Å². The van der Waals surface area contributed by atoms with Crippen molar-refractivity contribution in [1.82, 2.24) is 0 Å². The molecule has 0 nitrogen and oxygen atoms in total. The quantitative estimate of drug-likeness (QED) is 0.548. The van der Waals surface area contributed by atoms with Crippen molar-refractivity contribution in [3.8, 4) is 0 Å². The van der Waals surface area contributed by atoms with Gasteiger partial charge in [-0.15, -0.1) is 22.9 Å². The van der Waals surface area contributed by atoms with Crippen molar-refractivity contribution in [2.75, 3.05) is 0 Å². The Bertz CT molecular complexity index is 335. The lowest BCUT2D eigenvalue weighted by molar-refractivity contribution is 0.245. The van der Waals surface area contributed by atoms with E-state index in [0.29, 0.717) is 11.3 Å². The van der Waals surface area contributed by atoms with Gasteiger partial charge in [0, 0.05) is 4.88 Å². The highest BCUT2D eigenvalue weighted by Gasteiger charge is 2.24. The maximum atomic E-state index is 6.42. The third kappa shape index (κ3) is 3.90. The van der Waals surface area contributed by atoms with Crippen LogP contribution >= 0.6 is 50.5 Å². The standard InChI is InChI=1S/C12H17BrCl2S/c1-7(12(2,3)4)5-8(14)10-6-9(15)11(13)16-10/h6-8H,5H2,1-4H3. The monoisotopic (exact) mass is 342 g/mol. The van der Waals surface area contributed by atoms with Crippen LogP contribution < -0.4 is 0 Å². The van der Waals surface area contributed by atoms with Gasteiger partial charge in [-0.3, -0.25) is 0 Å². The Balaban J connectivity index is 2.69. The van der Waals surface area contributed by atoms with Crippen LogP contribution in [0.25, 0.3) is 0 Å². The van der Waals surface area contributed by atoms with Crippen molar-refractivity contribution in [1.29, 1.82) is 0 Å². The van der Waals surface area contributed by atoms with Crippen LogP contribution in [0.3, 0.4) is 0 Å². The Hall–Kier alpha value is 0.760. The number of halogens is 3. The lowest BCUT2D eigenvalue weighted by Gasteiger charge is -2.28. The molecule has 0 spiro atoms. The van der Waals surface area contributed by atoms with Gasteiger partial charge in [0.1, 0.15) is 0 Å². The molecule has 0 radical (unpaired) electrons. The minimum Gasteiger partial charge on any atom is -0.130 e. The topological polar surface area (TPSA) is 0 Å². The highest BCUT2D eigenvalue weighted by Crippen LogP contribution is 2.42. The summed E-state index contributed by atoms with van der Waals surface area (Å²) < 4.78 is 0.971. The van der Waals surface area contributed by atoms with Gasteiger partial charge in [-0.2, -0.15) is 0 Å². The first-order valence-electron chi connectivity index (χ1n) is 5.30. The fourth-order valence-electron chi connectivity index (χ4n) is 1.30. The Morgan fingerprint density at radius 3 is 2.38 bits per heavy atom. The van der Waals surface area contributed by atoms with E-state index in [4.69, 9.17) is 23.2 Å². The number of hydrogen-bond acceptors (Lipinski definition) is 1. The van der Waals surface area contributed by atoms with Gasteiger partial charge in [-0.25, -0.2) is 0 Å². The van der Waals surface area contributed by atoms with Gasteiger partial charge in [-0.05, 0) is 39.8 Å². The van der Waals surface area contributed by atoms with E-state index in [1.165, 1.54) is 0 Å². The maximum Gasteiger partial charge on any atom is 0.0887 e. The van der Waals surface area contributed by atoms with Crippen molar-refractivity contribution in [3.05, 3.63) is 19.8 Å². The predicted octanol–water partition coefficient (Wildman–Crippen LogP) is 6.52. The van der Waals surface area contributed by atoms with E-state index < -0.39 is 0 Å². The van der Waals surface area contributed by atoms with E-state index in [1.807, 2.05) is 6.07 Å². The number of hydrogen-bond donors (Lipinski definition) is 0. The lowest BCUT2D eigenvalue weighted by Crippen LogP contribution is -2.18. The second kappa shape index (κ2) is 5.60. The van der Waals surface area contributed by atoms with Crippen LogP contribution in [0.15, 0.2) is 9.85 Å². The molecular weight excluding hydrogens is 327 g/mol. The predicted molar refractivity (Wildman–Crippen MR) is 78.9 cm³/mol. The molecule has 4 heteroatoms. The molecule has 16 heavy (non-hydrogen) atoms. The fraction of sp³-hybridized carbons (Fsp3) is 0.667. The van der Waals surface area contributed by atoms with Gasteiger partial charge in [0.05, 0.1) is 14.2 Å². The molecule has 2 atom stereocenters. The van der Waals surface area contributed by atoms with Gasteiger partial charge >= 0.3 is 0 Å². The Morgan fingerprint density at radius 2 is 2.00 bits per heavy atom. The molecule has 0 saturated heterocycles. The maximum absolute atomic E-state index is 6.42. The zero-order valence-corrected chi connectivity index (χ0v) is 13.9. The van der Waals surface area contributed by atoms with Crippen molar-refractivity contribution in [2.24, 2.45) is 11.3 Å². The number of thiophene rings is 1. The summed E-state index contributed by atoms with van der Waals surface area (Å²) >= 11 is 17.5. The average molecular weight is 344 g/mol. The zero-order valence-electron chi connectivity index (χ0n) is 9.98. The van der Waals surface area contributed by atoms with Crippen LogP contribution in [-0.2, 0) is 0 Å². The van der Waals surface area contributed by atoms with E-state index in [0.717, 1.165) is 20.1 Å². The highest BCUT2D eigenvalue weighted by molar-refractivity contribution is 9.11. The first kappa shape index (κ1) is 14.8. The third-order valence-electron chi connectivity index (χ3n) is 3.01. The van der Waals surface area contributed by atoms with E-state index in [2.05, 4.69) is 43.6 Å². The first-order chi connectivity index (χ1) is 7.21. The SMILES string of the molecule is CC(CC(Cl)c1cc(Cl)c(Br)s1)C(C)(C)C. The van der Waals surface area contributed by atoms with E-state index in [9.17, 15) is 0 Å². The van der Waals surface area contributed by atoms with E-state index in [1.54, 1.807) is 11.3 Å². The smallest absolute Gasteiger partial charge is 0.0887 e. The summed E-state index contributed by atoms with van der Waals surface area (Å²) in [6.07, 6.45) is 0.980. The Kier molecular flexibility index (Phi) is 5.19. The fourth-order valence-corrected chi connectivity index (χ4v) is 3.50. The summed E-state index contributed by atoms with van der Waals surface area (Å²) in [7, 11) is 0. The Morgan fingerprint density at radius 1 is 1.44 bits per heavy atom. The summed E-state index contributed by atoms with van der Waals surface area (Å²) in [5, 5.41) is 0.817. The Labute approximate surface area is 120 Å². The molecule has 1 aromatic rings. The number of rotatable bonds is 3. The molecule has 0 bridgehead atoms. The number of alkyl halides is 1. The summed E-state index contributed by atoms with van der Waals surface area (Å²) in [6, 6.07) is 1.96. The van der Waals surface area contributed by atoms with Crippen molar-refractivity contribution in [3.63, 3.8) is 0 Å². The molecule has 1 heterocycles. The van der Waals surface area contributed by atoms with Gasteiger partial charge < -0.3 is 0 Å².